The number of nitrogens with one attached hydrogen (secondary N) is 5. The Bertz CT molecular complexity index is 1450. The van der Waals surface area contributed by atoms with Crippen molar-refractivity contribution in [3.63, 3.8) is 0 Å². The zero-order valence-corrected chi connectivity index (χ0v) is 42.7. The quantitative estimate of drug-likeness (QED) is 0.0398. The van der Waals surface area contributed by atoms with Gasteiger partial charge < -0.3 is 93.3 Å². The fourth-order valence-electron chi connectivity index (χ4n) is 6.87. The van der Waals surface area contributed by atoms with Crippen molar-refractivity contribution in [3.8, 4) is 5.75 Å². The molecule has 0 spiro atoms. The van der Waals surface area contributed by atoms with Gasteiger partial charge in [-0.15, -0.1) is 0 Å². The molecule has 22 nitrogen and oxygen atoms in total. The average molecular weight is 1040 g/mol. The predicted molar refractivity (Wildman–Crippen MR) is 266 cm³/mol. The lowest BCUT2D eigenvalue weighted by Gasteiger charge is -2.16. The van der Waals surface area contributed by atoms with Crippen LogP contribution in [0.2, 0.25) is 0 Å². The van der Waals surface area contributed by atoms with Crippen LogP contribution in [0, 0.1) is 0 Å². The van der Waals surface area contributed by atoms with E-state index in [1.165, 1.54) is 18.9 Å². The summed E-state index contributed by atoms with van der Waals surface area (Å²) >= 11 is 1.98. The van der Waals surface area contributed by atoms with Crippen molar-refractivity contribution in [2.24, 2.45) is 0 Å². The van der Waals surface area contributed by atoms with Crippen molar-refractivity contribution in [2.45, 2.75) is 49.4 Å². The van der Waals surface area contributed by atoms with Crippen molar-refractivity contribution in [1.82, 2.24) is 26.6 Å². The maximum atomic E-state index is 12.3. The predicted octanol–water partition coefficient (Wildman–Crippen LogP) is 1.37. The average Bonchev–Trinajstić information content (AvgIpc) is 3.94. The molecule has 3 atom stereocenters. The molecule has 0 radical (unpaired) electrons. The molecule has 2 heterocycles. The van der Waals surface area contributed by atoms with E-state index in [2.05, 4.69) is 26.6 Å². The number of carboxylic acids is 1. The second-order valence-electron chi connectivity index (χ2n) is 16.1. The summed E-state index contributed by atoms with van der Waals surface area (Å²) in [6.45, 7) is 15.4. The number of rotatable bonds is 53. The molecule has 0 saturated carbocycles. The molecule has 6 N–H and O–H groups in total. The number of benzene rings is 1. The van der Waals surface area contributed by atoms with Crippen molar-refractivity contribution in [1.29, 1.82) is 0 Å². The molecule has 0 unspecified atom stereocenters. The summed E-state index contributed by atoms with van der Waals surface area (Å²) in [6, 6.07) is 7.01. The van der Waals surface area contributed by atoms with Gasteiger partial charge in [-0.2, -0.15) is 11.8 Å². The van der Waals surface area contributed by atoms with Crippen molar-refractivity contribution >= 4 is 29.7 Å². The van der Waals surface area contributed by atoms with Gasteiger partial charge in [0.25, 0.3) is 5.91 Å². The van der Waals surface area contributed by atoms with Gasteiger partial charge in [-0.1, -0.05) is 18.9 Å². The van der Waals surface area contributed by atoms with Crippen LogP contribution < -0.4 is 31.3 Å². The van der Waals surface area contributed by atoms with E-state index in [1.54, 1.807) is 18.2 Å². The normalized spacial score (nSPS) is 16.3. The third-order valence-corrected chi connectivity index (χ3v) is 12.0. The Hall–Kier alpha value is -2.98. The zero-order valence-electron chi connectivity index (χ0n) is 41.9. The second-order valence-corrected chi connectivity index (χ2v) is 17.4. The molecule has 410 valence electrons. The molecule has 1 aromatic carbocycles. The number of unbranched alkanes of at least 4 members (excludes halogenated alkanes) is 2. The number of aliphatic carboxylic acids is 1. The number of ether oxygens (including phenoxy) is 13. The number of thioether (sulfide) groups is 1. The van der Waals surface area contributed by atoms with Crippen molar-refractivity contribution in [2.75, 3.05) is 204 Å². The Labute approximate surface area is 424 Å². The van der Waals surface area contributed by atoms with E-state index >= 15 is 0 Å². The smallest absolute Gasteiger partial charge is 0.341 e. The van der Waals surface area contributed by atoms with E-state index in [0.29, 0.717) is 200 Å². The minimum absolute atomic E-state index is 0.0106. The molecule has 0 aliphatic carbocycles. The maximum absolute atomic E-state index is 12.3. The van der Waals surface area contributed by atoms with Gasteiger partial charge in [0.2, 0.25) is 0 Å². The van der Waals surface area contributed by atoms with E-state index < -0.39 is 12.6 Å². The summed E-state index contributed by atoms with van der Waals surface area (Å²) in [5, 5.41) is 24.8. The first-order chi connectivity index (χ1) is 35.0. The first-order valence-electron chi connectivity index (χ1n) is 25.3. The third-order valence-electron chi connectivity index (χ3n) is 10.5. The lowest BCUT2D eigenvalue weighted by atomic mass is 10.0. The highest BCUT2D eigenvalue weighted by molar-refractivity contribution is 8.00. The van der Waals surface area contributed by atoms with Crippen LogP contribution >= 0.6 is 11.8 Å². The molecule has 3 amide bonds. The molecular weight excluding hydrogens is 951 g/mol. The standard InChI is InChI=1S/C48H85N5O17S/c54-45(55)39-70-42-7-4-6-41(38-42)47(56)51-12-11-49-10-5-14-58-16-18-60-20-22-62-24-26-64-28-30-66-32-34-68-36-37-69-35-33-67-31-29-65-27-25-63-23-21-61-19-17-59-15-13-50-9-3-1-2-8-44-46-43(40-71-44)52-48(57)53-46/h4,6-7,38,43-44,46,49-50H,1-3,5,8-37,39-40H2,(H,51,56)(H,54,55)(H2,52,53,57)/t43-,44-,46-/m0/s1. The highest BCUT2D eigenvalue weighted by Crippen LogP contribution is 2.33. The molecule has 23 heteroatoms. The molecule has 0 bridgehead atoms. The summed E-state index contributed by atoms with van der Waals surface area (Å²) in [4.78, 5) is 34.4. The number of hydrogen-bond acceptors (Lipinski definition) is 19. The molecule has 0 aromatic heterocycles. The third kappa shape index (κ3) is 35.8. The Morgan fingerprint density at radius 3 is 1.51 bits per heavy atom. The molecule has 3 rings (SSSR count). The lowest BCUT2D eigenvalue weighted by Crippen LogP contribution is -2.36. The van der Waals surface area contributed by atoms with Gasteiger partial charge in [-0.05, 0) is 50.6 Å². The van der Waals surface area contributed by atoms with Crippen LogP contribution in [0.15, 0.2) is 24.3 Å². The number of carbonyl (C=O) groups excluding carboxylic acids is 2. The number of hydrogen-bond donors (Lipinski definition) is 6. The van der Waals surface area contributed by atoms with E-state index in [0.717, 1.165) is 44.6 Å². The van der Waals surface area contributed by atoms with Crippen LogP contribution in [0.3, 0.4) is 0 Å². The van der Waals surface area contributed by atoms with Crippen LogP contribution in [-0.4, -0.2) is 244 Å². The number of carbonyl (C=O) groups is 3. The molecule has 2 aliphatic rings. The van der Waals surface area contributed by atoms with Gasteiger partial charge in [0, 0.05) is 42.8 Å². The van der Waals surface area contributed by atoms with Gasteiger partial charge in [-0.25, -0.2) is 9.59 Å². The van der Waals surface area contributed by atoms with E-state index in [-0.39, 0.29) is 11.9 Å². The van der Waals surface area contributed by atoms with Gasteiger partial charge in [0.1, 0.15) is 5.75 Å². The van der Waals surface area contributed by atoms with Crippen LogP contribution in [0.5, 0.6) is 5.75 Å². The maximum Gasteiger partial charge on any atom is 0.341 e. The fourth-order valence-corrected chi connectivity index (χ4v) is 8.41. The minimum Gasteiger partial charge on any atom is -0.482 e. The molecule has 2 saturated heterocycles. The van der Waals surface area contributed by atoms with Crippen LogP contribution in [0.1, 0.15) is 42.5 Å². The number of carboxylic acid groups (broad SMARTS) is 1. The van der Waals surface area contributed by atoms with E-state index in [4.69, 9.17) is 66.7 Å². The highest BCUT2D eigenvalue weighted by Gasteiger charge is 2.42. The summed E-state index contributed by atoms with van der Waals surface area (Å²) in [5.74, 6) is 0.0170. The molecule has 71 heavy (non-hydrogen) atoms. The molecule has 2 aliphatic heterocycles. The zero-order chi connectivity index (χ0) is 50.3. The lowest BCUT2D eigenvalue weighted by molar-refractivity contribution is -0.139. The van der Waals surface area contributed by atoms with Gasteiger partial charge in [-0.3, -0.25) is 4.79 Å². The number of urea groups is 1. The van der Waals surface area contributed by atoms with E-state index in [9.17, 15) is 14.4 Å². The summed E-state index contributed by atoms with van der Waals surface area (Å²) in [5.41, 5.74) is 0.403. The van der Waals surface area contributed by atoms with Crippen molar-refractivity contribution in [3.05, 3.63) is 29.8 Å². The summed E-state index contributed by atoms with van der Waals surface area (Å²) in [7, 11) is 0. The SMILES string of the molecule is O=C(O)COc1cccc(C(=O)NCCNCCCOCCOCCOCCOCCOCCOCCOCCOCCOCCOCCOCCOCCNCCCCC[C@@H]2SC[C@@H]3NC(=O)N[C@@H]32)c1. The van der Waals surface area contributed by atoms with Gasteiger partial charge in [0.15, 0.2) is 6.61 Å². The van der Waals surface area contributed by atoms with Crippen LogP contribution in [-0.2, 0) is 61.6 Å². The van der Waals surface area contributed by atoms with Crippen LogP contribution in [0.25, 0.3) is 0 Å². The first-order valence-corrected chi connectivity index (χ1v) is 26.3. The number of amides is 3. The minimum atomic E-state index is -1.08. The second kappa shape index (κ2) is 45.6. The van der Waals surface area contributed by atoms with Crippen molar-refractivity contribution < 1.29 is 81.1 Å². The summed E-state index contributed by atoms with van der Waals surface area (Å²) < 4.78 is 71.6. The van der Waals surface area contributed by atoms with Crippen LogP contribution in [0.4, 0.5) is 4.79 Å². The topological polar surface area (TPSA) is 252 Å². The highest BCUT2D eigenvalue weighted by atomic mass is 32.2. The largest absolute Gasteiger partial charge is 0.482 e. The first kappa shape index (κ1) is 62.3. The Kier molecular flexibility index (Phi) is 40.0. The Morgan fingerprint density at radius 1 is 0.535 bits per heavy atom. The molecule has 2 fully saturated rings. The molecule has 1 aromatic rings. The van der Waals surface area contributed by atoms with Gasteiger partial charge in [0.05, 0.1) is 164 Å². The number of fused-ring (bicyclic) bond motifs is 1. The monoisotopic (exact) mass is 1040 g/mol. The fraction of sp³-hybridized carbons (Fsp3) is 0.812. The Balaban J connectivity index is 0.873. The summed E-state index contributed by atoms with van der Waals surface area (Å²) in [6.07, 6.45) is 5.54. The Morgan fingerprint density at radius 2 is 1.00 bits per heavy atom. The van der Waals surface area contributed by atoms with Gasteiger partial charge >= 0.3 is 12.0 Å². The molecular formula is C48H85N5O17S. The van der Waals surface area contributed by atoms with E-state index in [1.807, 2.05) is 11.8 Å².